The van der Waals surface area contributed by atoms with Crippen molar-refractivity contribution in [2.45, 2.75) is 46.1 Å². The highest BCUT2D eigenvalue weighted by Crippen LogP contribution is 2.39. The number of nitrogens with one attached hydrogen (secondary N) is 1. The van der Waals surface area contributed by atoms with Gasteiger partial charge in [0.05, 0.1) is 13.7 Å². The van der Waals surface area contributed by atoms with Crippen molar-refractivity contribution in [3.8, 4) is 5.75 Å². The third-order valence-corrected chi connectivity index (χ3v) is 4.59. The van der Waals surface area contributed by atoms with Gasteiger partial charge in [-0.15, -0.1) is 0 Å². The van der Waals surface area contributed by atoms with Crippen LogP contribution in [0.15, 0.2) is 24.3 Å². The van der Waals surface area contributed by atoms with Crippen LogP contribution in [0.4, 0.5) is 5.69 Å². The van der Waals surface area contributed by atoms with E-state index in [4.69, 9.17) is 9.47 Å². The summed E-state index contributed by atoms with van der Waals surface area (Å²) in [4.78, 5) is 24.9. The lowest BCUT2D eigenvalue weighted by molar-refractivity contribution is -0.148. The van der Waals surface area contributed by atoms with Crippen LogP contribution in [0.5, 0.6) is 5.75 Å². The van der Waals surface area contributed by atoms with Gasteiger partial charge in [0.15, 0.2) is 0 Å². The summed E-state index contributed by atoms with van der Waals surface area (Å²) in [5, 5.41) is 3.20. The minimum Gasteiger partial charge on any atom is -0.497 e. The first-order chi connectivity index (χ1) is 11.4. The first-order valence-corrected chi connectivity index (χ1v) is 8.46. The Labute approximate surface area is 143 Å². The van der Waals surface area contributed by atoms with Gasteiger partial charge >= 0.3 is 5.97 Å². The zero-order valence-corrected chi connectivity index (χ0v) is 14.9. The highest BCUT2D eigenvalue weighted by atomic mass is 16.5. The molecule has 132 valence electrons. The highest BCUT2D eigenvalue weighted by molar-refractivity contribution is 5.91. The molecule has 0 aliphatic heterocycles. The van der Waals surface area contributed by atoms with Gasteiger partial charge in [0.1, 0.15) is 17.6 Å². The third kappa shape index (κ3) is 4.49. The van der Waals surface area contributed by atoms with Crippen LogP contribution in [-0.4, -0.2) is 31.5 Å². The molecule has 1 aliphatic rings. The molecule has 1 N–H and O–H groups in total. The molecule has 2 unspecified atom stereocenters. The number of carbonyl (C=O) groups is 2. The van der Waals surface area contributed by atoms with Gasteiger partial charge in [-0.05, 0) is 49.4 Å². The van der Waals surface area contributed by atoms with Crippen molar-refractivity contribution in [1.82, 2.24) is 0 Å². The van der Waals surface area contributed by atoms with Crippen molar-refractivity contribution in [3.63, 3.8) is 0 Å². The Hall–Kier alpha value is -2.04. The Kier molecular flexibility index (Phi) is 5.86. The average Bonchev–Trinajstić information content (AvgIpc) is 2.56. The number of esters is 1. The fraction of sp³-hybridized carbons (Fsp3) is 0.579. The molecule has 24 heavy (non-hydrogen) atoms. The van der Waals surface area contributed by atoms with Crippen LogP contribution in [0.2, 0.25) is 0 Å². The van der Waals surface area contributed by atoms with E-state index in [-0.39, 0.29) is 23.1 Å². The molecule has 0 saturated heterocycles. The van der Waals surface area contributed by atoms with Gasteiger partial charge in [-0.25, -0.2) is 4.79 Å². The lowest BCUT2D eigenvalue weighted by Crippen LogP contribution is -2.46. The van der Waals surface area contributed by atoms with Gasteiger partial charge in [0.25, 0.3) is 0 Å². The van der Waals surface area contributed by atoms with Crippen molar-refractivity contribution in [2.24, 2.45) is 11.3 Å². The van der Waals surface area contributed by atoms with Gasteiger partial charge in [-0.2, -0.15) is 0 Å². The lowest BCUT2D eigenvalue weighted by atomic mass is 9.69. The predicted octanol–water partition coefficient (Wildman–Crippen LogP) is 3.43. The largest absolute Gasteiger partial charge is 0.497 e. The van der Waals surface area contributed by atoms with Crippen molar-refractivity contribution in [1.29, 1.82) is 0 Å². The van der Waals surface area contributed by atoms with E-state index in [1.807, 2.05) is 24.3 Å². The minimum atomic E-state index is -0.662. The number of rotatable bonds is 6. The van der Waals surface area contributed by atoms with Crippen LogP contribution in [0, 0.1) is 11.3 Å². The summed E-state index contributed by atoms with van der Waals surface area (Å²) in [7, 11) is 1.60. The van der Waals surface area contributed by atoms with E-state index < -0.39 is 6.04 Å². The standard InChI is InChI=1S/C19H27NO4/c1-5-24-18(22)17(15-12-19(2,3)11-10-16(15)21)20-13-6-8-14(23-4)9-7-13/h6-9,15,17,20H,5,10-12H2,1-4H3. The maximum atomic E-state index is 12.5. The van der Waals surface area contributed by atoms with E-state index >= 15 is 0 Å². The van der Waals surface area contributed by atoms with E-state index in [1.54, 1.807) is 14.0 Å². The smallest absolute Gasteiger partial charge is 0.329 e. The second-order valence-corrected chi connectivity index (χ2v) is 7.04. The molecule has 1 aliphatic carbocycles. The summed E-state index contributed by atoms with van der Waals surface area (Å²) in [5.41, 5.74) is 0.815. The molecular formula is C19H27NO4. The van der Waals surface area contributed by atoms with Crippen LogP contribution >= 0.6 is 0 Å². The fourth-order valence-electron chi connectivity index (χ4n) is 3.18. The van der Waals surface area contributed by atoms with Crippen LogP contribution in [-0.2, 0) is 14.3 Å². The van der Waals surface area contributed by atoms with Gasteiger partial charge in [-0.3, -0.25) is 4.79 Å². The summed E-state index contributed by atoms with van der Waals surface area (Å²) in [5.74, 6) is 0.135. The lowest BCUT2D eigenvalue weighted by Gasteiger charge is -2.37. The summed E-state index contributed by atoms with van der Waals surface area (Å²) in [6.07, 6.45) is 2.05. The zero-order valence-electron chi connectivity index (χ0n) is 14.9. The summed E-state index contributed by atoms with van der Waals surface area (Å²) in [6.45, 7) is 6.35. The Balaban J connectivity index is 2.23. The first-order valence-electron chi connectivity index (χ1n) is 8.46. The van der Waals surface area contributed by atoms with Gasteiger partial charge in [0, 0.05) is 18.0 Å². The SMILES string of the molecule is CCOC(=O)C(Nc1ccc(OC)cc1)C1CC(C)(C)CCC1=O. The molecule has 0 heterocycles. The molecule has 0 radical (unpaired) electrons. The minimum absolute atomic E-state index is 0.0465. The number of anilines is 1. The fourth-order valence-corrected chi connectivity index (χ4v) is 3.18. The topological polar surface area (TPSA) is 64.6 Å². The number of hydrogen-bond donors (Lipinski definition) is 1. The number of Topliss-reactive ketones (excluding diaryl/α,β-unsaturated/α-hetero) is 1. The van der Waals surface area contributed by atoms with E-state index in [1.165, 1.54) is 0 Å². The first kappa shape index (κ1) is 18.3. The second kappa shape index (κ2) is 7.69. The van der Waals surface area contributed by atoms with Crippen LogP contribution in [0.1, 0.15) is 40.0 Å². The maximum absolute atomic E-state index is 12.5. The molecule has 5 heteroatoms. The van der Waals surface area contributed by atoms with Crippen molar-refractivity contribution in [3.05, 3.63) is 24.3 Å². The van der Waals surface area contributed by atoms with E-state index in [2.05, 4.69) is 19.2 Å². The van der Waals surface area contributed by atoms with E-state index in [0.717, 1.165) is 17.9 Å². The maximum Gasteiger partial charge on any atom is 0.329 e. The molecule has 0 bridgehead atoms. The van der Waals surface area contributed by atoms with Crippen LogP contribution in [0.3, 0.4) is 0 Å². The number of methoxy groups -OCH3 is 1. The number of benzene rings is 1. The van der Waals surface area contributed by atoms with Crippen molar-refractivity contribution < 1.29 is 19.1 Å². The van der Waals surface area contributed by atoms with Gasteiger partial charge < -0.3 is 14.8 Å². The zero-order chi connectivity index (χ0) is 17.7. The Morgan fingerprint density at radius 3 is 2.58 bits per heavy atom. The normalized spacial score (nSPS) is 21.0. The second-order valence-electron chi connectivity index (χ2n) is 7.04. The monoisotopic (exact) mass is 333 g/mol. The number of carbonyl (C=O) groups excluding carboxylic acids is 2. The molecule has 2 atom stereocenters. The predicted molar refractivity (Wildman–Crippen MR) is 93.2 cm³/mol. The summed E-state index contributed by atoms with van der Waals surface area (Å²) < 4.78 is 10.4. The van der Waals surface area contributed by atoms with Gasteiger partial charge in [-0.1, -0.05) is 13.8 Å². The number of ketones is 1. The molecule has 1 aromatic rings. The Morgan fingerprint density at radius 1 is 1.33 bits per heavy atom. The Morgan fingerprint density at radius 2 is 2.00 bits per heavy atom. The van der Waals surface area contributed by atoms with E-state index in [9.17, 15) is 9.59 Å². The molecule has 1 aromatic carbocycles. The van der Waals surface area contributed by atoms with Crippen molar-refractivity contribution in [2.75, 3.05) is 19.0 Å². The molecule has 5 nitrogen and oxygen atoms in total. The number of ether oxygens (including phenoxy) is 2. The molecule has 2 rings (SSSR count). The quantitative estimate of drug-likeness (QED) is 0.808. The van der Waals surface area contributed by atoms with Crippen LogP contribution in [0.25, 0.3) is 0 Å². The van der Waals surface area contributed by atoms with E-state index in [0.29, 0.717) is 19.4 Å². The van der Waals surface area contributed by atoms with Crippen molar-refractivity contribution >= 4 is 17.4 Å². The van der Waals surface area contributed by atoms with Gasteiger partial charge in [0.2, 0.25) is 0 Å². The highest BCUT2D eigenvalue weighted by Gasteiger charge is 2.41. The van der Waals surface area contributed by atoms with Crippen LogP contribution < -0.4 is 10.1 Å². The summed E-state index contributed by atoms with van der Waals surface area (Å²) in [6, 6.07) is 6.65. The molecule has 0 aromatic heterocycles. The summed E-state index contributed by atoms with van der Waals surface area (Å²) >= 11 is 0. The molecule has 1 fully saturated rings. The Bertz CT molecular complexity index is 580. The molecule has 1 saturated carbocycles. The molecule has 0 spiro atoms. The molecule has 0 amide bonds. The molecular weight excluding hydrogens is 306 g/mol. The third-order valence-electron chi connectivity index (χ3n) is 4.59. The number of hydrogen-bond acceptors (Lipinski definition) is 5. The average molecular weight is 333 g/mol.